The summed E-state index contributed by atoms with van der Waals surface area (Å²) in [5, 5.41) is 2.89. The molecule has 0 fully saturated rings. The lowest BCUT2D eigenvalue weighted by Gasteiger charge is -2.15. The van der Waals surface area contributed by atoms with Gasteiger partial charge in [-0.05, 0) is 36.6 Å². The zero-order chi connectivity index (χ0) is 16.7. The summed E-state index contributed by atoms with van der Waals surface area (Å²) in [5.41, 5.74) is 2.74. The van der Waals surface area contributed by atoms with Gasteiger partial charge in [-0.3, -0.25) is 9.59 Å². The first-order valence-corrected chi connectivity index (χ1v) is 7.69. The molecule has 0 saturated heterocycles. The molecule has 0 radical (unpaired) electrons. The van der Waals surface area contributed by atoms with Gasteiger partial charge in [-0.1, -0.05) is 43.3 Å². The normalized spacial score (nSPS) is 11.6. The molecule has 1 unspecified atom stereocenters. The zero-order valence-electron chi connectivity index (χ0n) is 13.4. The number of carbonyl (C=O) groups excluding carboxylic acids is 2. The van der Waals surface area contributed by atoms with E-state index < -0.39 is 0 Å². The number of ether oxygens (including phenoxy) is 1. The quantitative estimate of drug-likeness (QED) is 0.798. The number of para-hydroxylation sites is 1. The lowest BCUT2D eigenvalue weighted by atomic mass is 10.1. The molecule has 2 rings (SSSR count). The number of aldehydes is 1. The maximum absolute atomic E-state index is 12.0. The molecule has 0 aliphatic carbocycles. The predicted molar refractivity (Wildman–Crippen MR) is 89.7 cm³/mol. The van der Waals surface area contributed by atoms with Crippen LogP contribution in [-0.2, 0) is 11.2 Å². The fourth-order valence-corrected chi connectivity index (χ4v) is 2.26. The highest BCUT2D eigenvalue weighted by Gasteiger charge is 2.11. The predicted octanol–water partition coefficient (Wildman–Crippen LogP) is 3.32. The maximum atomic E-state index is 12.0. The number of amides is 1. The number of benzene rings is 2. The van der Waals surface area contributed by atoms with E-state index >= 15 is 0 Å². The van der Waals surface area contributed by atoms with Crippen LogP contribution in [0, 0.1) is 0 Å². The van der Waals surface area contributed by atoms with Crippen molar-refractivity contribution in [2.24, 2.45) is 0 Å². The molecule has 0 spiro atoms. The Balaban J connectivity index is 1.89. The molecule has 4 nitrogen and oxygen atoms in total. The second kappa shape index (κ2) is 8.13. The highest BCUT2D eigenvalue weighted by Crippen LogP contribution is 2.16. The molecule has 0 heterocycles. The Bertz CT molecular complexity index is 665. The van der Waals surface area contributed by atoms with Crippen molar-refractivity contribution >= 4 is 12.2 Å². The summed E-state index contributed by atoms with van der Waals surface area (Å²) in [4.78, 5) is 22.9. The number of carbonyl (C=O) groups is 2. The van der Waals surface area contributed by atoms with Crippen molar-refractivity contribution in [3.05, 3.63) is 65.2 Å². The minimum Gasteiger partial charge on any atom is -0.483 e. The Hall–Kier alpha value is -2.62. The number of aryl methyl sites for hydroxylation is 1. The number of nitrogens with one attached hydrogen (secondary N) is 1. The molecule has 0 aliphatic heterocycles. The molecule has 1 amide bonds. The molecule has 23 heavy (non-hydrogen) atoms. The summed E-state index contributed by atoms with van der Waals surface area (Å²) in [6, 6.07) is 14.9. The van der Waals surface area contributed by atoms with E-state index in [4.69, 9.17) is 4.74 Å². The van der Waals surface area contributed by atoms with Crippen LogP contribution in [0.4, 0.5) is 0 Å². The third-order valence-corrected chi connectivity index (χ3v) is 3.67. The van der Waals surface area contributed by atoms with Crippen molar-refractivity contribution in [2.45, 2.75) is 26.3 Å². The van der Waals surface area contributed by atoms with E-state index in [1.165, 1.54) is 5.56 Å². The first-order valence-electron chi connectivity index (χ1n) is 7.69. The van der Waals surface area contributed by atoms with Gasteiger partial charge in [-0.25, -0.2) is 0 Å². The Morgan fingerprint density at radius 3 is 2.52 bits per heavy atom. The maximum Gasteiger partial charge on any atom is 0.258 e. The first kappa shape index (κ1) is 16.7. The van der Waals surface area contributed by atoms with Crippen molar-refractivity contribution in [3.63, 3.8) is 0 Å². The van der Waals surface area contributed by atoms with Gasteiger partial charge in [0.25, 0.3) is 5.91 Å². The van der Waals surface area contributed by atoms with E-state index in [1.54, 1.807) is 24.3 Å². The number of hydrogen-bond donors (Lipinski definition) is 1. The van der Waals surface area contributed by atoms with Crippen LogP contribution in [0.3, 0.4) is 0 Å². The highest BCUT2D eigenvalue weighted by molar-refractivity contribution is 5.81. The van der Waals surface area contributed by atoms with Gasteiger partial charge in [0.1, 0.15) is 5.75 Å². The molecule has 1 atom stereocenters. The zero-order valence-corrected chi connectivity index (χ0v) is 13.4. The first-order chi connectivity index (χ1) is 11.1. The van der Waals surface area contributed by atoms with Gasteiger partial charge in [0.2, 0.25) is 0 Å². The van der Waals surface area contributed by atoms with Crippen LogP contribution in [-0.4, -0.2) is 18.8 Å². The minimum atomic E-state index is -0.224. The number of hydrogen-bond acceptors (Lipinski definition) is 3. The van der Waals surface area contributed by atoms with E-state index in [-0.39, 0.29) is 18.6 Å². The molecule has 0 saturated carbocycles. The van der Waals surface area contributed by atoms with Crippen LogP contribution < -0.4 is 10.1 Å². The Labute approximate surface area is 136 Å². The lowest BCUT2D eigenvalue weighted by Crippen LogP contribution is -2.31. The van der Waals surface area contributed by atoms with Crippen molar-refractivity contribution < 1.29 is 14.3 Å². The van der Waals surface area contributed by atoms with Crippen molar-refractivity contribution in [3.8, 4) is 5.75 Å². The van der Waals surface area contributed by atoms with E-state index in [1.807, 2.05) is 19.1 Å². The van der Waals surface area contributed by atoms with Crippen molar-refractivity contribution in [1.82, 2.24) is 5.32 Å². The molecule has 120 valence electrons. The summed E-state index contributed by atoms with van der Waals surface area (Å²) in [6.45, 7) is 3.91. The molecule has 2 aromatic rings. The van der Waals surface area contributed by atoms with Gasteiger partial charge in [0.15, 0.2) is 12.9 Å². The summed E-state index contributed by atoms with van der Waals surface area (Å²) in [7, 11) is 0. The van der Waals surface area contributed by atoms with E-state index in [0.29, 0.717) is 17.6 Å². The van der Waals surface area contributed by atoms with E-state index in [2.05, 4.69) is 24.4 Å². The molecule has 0 aliphatic rings. The smallest absolute Gasteiger partial charge is 0.258 e. The van der Waals surface area contributed by atoms with Crippen LogP contribution in [0.1, 0.15) is 41.4 Å². The Morgan fingerprint density at radius 1 is 1.17 bits per heavy atom. The van der Waals surface area contributed by atoms with Gasteiger partial charge in [-0.15, -0.1) is 0 Å². The summed E-state index contributed by atoms with van der Waals surface area (Å²) in [6.07, 6.45) is 1.70. The molecule has 0 bridgehead atoms. The van der Waals surface area contributed by atoms with Crippen LogP contribution in [0.25, 0.3) is 0 Å². The Kier molecular flexibility index (Phi) is 5.92. The van der Waals surface area contributed by atoms with Crippen molar-refractivity contribution in [1.29, 1.82) is 0 Å². The van der Waals surface area contributed by atoms with E-state index in [9.17, 15) is 9.59 Å². The van der Waals surface area contributed by atoms with Crippen molar-refractivity contribution in [2.75, 3.05) is 6.61 Å². The molecule has 1 N–H and O–H groups in total. The van der Waals surface area contributed by atoms with Crippen LogP contribution in [0.5, 0.6) is 5.75 Å². The molecule has 0 aromatic heterocycles. The average molecular weight is 311 g/mol. The van der Waals surface area contributed by atoms with Gasteiger partial charge >= 0.3 is 0 Å². The number of rotatable bonds is 7. The monoisotopic (exact) mass is 311 g/mol. The highest BCUT2D eigenvalue weighted by atomic mass is 16.5. The summed E-state index contributed by atoms with van der Waals surface area (Å²) in [5.74, 6) is 0.190. The molecular formula is C19H21NO3. The summed E-state index contributed by atoms with van der Waals surface area (Å²) >= 11 is 0. The van der Waals surface area contributed by atoms with Gasteiger partial charge in [0, 0.05) is 0 Å². The largest absolute Gasteiger partial charge is 0.483 e. The fraction of sp³-hybridized carbons (Fsp3) is 0.263. The third-order valence-electron chi connectivity index (χ3n) is 3.67. The molecule has 2 aromatic carbocycles. The lowest BCUT2D eigenvalue weighted by molar-refractivity contribution is -0.123. The van der Waals surface area contributed by atoms with Crippen LogP contribution >= 0.6 is 0 Å². The second-order valence-electron chi connectivity index (χ2n) is 5.33. The standard InChI is InChI=1S/C19H21NO3/c1-3-15-8-10-16(11-9-15)14(2)20-19(22)13-23-18-7-5-4-6-17(18)12-21/h4-12,14H,3,13H2,1-2H3,(H,20,22). The SMILES string of the molecule is CCc1ccc(C(C)NC(=O)COc2ccccc2C=O)cc1. The van der Waals surface area contributed by atoms with Crippen LogP contribution in [0.2, 0.25) is 0 Å². The van der Waals surface area contributed by atoms with E-state index in [0.717, 1.165) is 12.0 Å². The topological polar surface area (TPSA) is 55.4 Å². The molecule has 4 heteroatoms. The van der Waals surface area contributed by atoms with Gasteiger partial charge in [0.05, 0.1) is 11.6 Å². The third kappa shape index (κ3) is 4.68. The minimum absolute atomic E-state index is 0.0988. The Morgan fingerprint density at radius 2 is 1.87 bits per heavy atom. The van der Waals surface area contributed by atoms with Crippen LogP contribution in [0.15, 0.2) is 48.5 Å². The fourth-order valence-electron chi connectivity index (χ4n) is 2.26. The average Bonchev–Trinajstić information content (AvgIpc) is 2.60. The summed E-state index contributed by atoms with van der Waals surface area (Å²) < 4.78 is 5.42. The second-order valence-corrected chi connectivity index (χ2v) is 5.33. The molecular weight excluding hydrogens is 290 g/mol. The van der Waals surface area contributed by atoms with Gasteiger partial charge < -0.3 is 10.1 Å². The van der Waals surface area contributed by atoms with Gasteiger partial charge in [-0.2, -0.15) is 0 Å².